The summed E-state index contributed by atoms with van der Waals surface area (Å²) in [5.74, 6) is -0.199. The number of nitrogens with zero attached hydrogens (tertiary/aromatic N) is 2. The first-order valence-corrected chi connectivity index (χ1v) is 8.19. The smallest absolute Gasteiger partial charge is 0.253 e. The highest BCUT2D eigenvalue weighted by Crippen LogP contribution is 2.24. The van der Waals surface area contributed by atoms with Crippen LogP contribution in [-0.2, 0) is 4.79 Å². The van der Waals surface area contributed by atoms with Gasteiger partial charge < -0.3 is 10.2 Å². The van der Waals surface area contributed by atoms with Gasteiger partial charge in [-0.05, 0) is 30.7 Å². The molecule has 0 bridgehead atoms. The molecule has 0 aliphatic carbocycles. The average Bonchev–Trinajstić information content (AvgIpc) is 3.05. The zero-order valence-corrected chi connectivity index (χ0v) is 14.1. The van der Waals surface area contributed by atoms with Crippen LogP contribution in [0.4, 0.5) is 0 Å². The van der Waals surface area contributed by atoms with E-state index in [9.17, 15) is 9.59 Å². The van der Waals surface area contributed by atoms with Crippen molar-refractivity contribution < 1.29 is 9.59 Å². The third-order valence-electron chi connectivity index (χ3n) is 4.14. The van der Waals surface area contributed by atoms with Crippen LogP contribution in [0.15, 0.2) is 42.6 Å². The van der Waals surface area contributed by atoms with Crippen molar-refractivity contribution in [1.29, 1.82) is 0 Å². The minimum Gasteiger partial charge on any atom is -0.347 e. The molecule has 1 N–H and O–H groups in total. The van der Waals surface area contributed by atoms with E-state index >= 15 is 0 Å². The van der Waals surface area contributed by atoms with Crippen molar-refractivity contribution >= 4 is 23.4 Å². The van der Waals surface area contributed by atoms with Crippen molar-refractivity contribution in [3.8, 4) is 11.3 Å². The first-order chi connectivity index (χ1) is 11.5. The Morgan fingerprint density at radius 1 is 1.29 bits per heavy atom. The summed E-state index contributed by atoms with van der Waals surface area (Å²) in [7, 11) is 0. The first-order valence-electron chi connectivity index (χ1n) is 7.82. The number of amides is 2. The number of hydrogen-bond acceptors (Lipinski definition) is 3. The molecular weight excluding hydrogens is 326 g/mol. The van der Waals surface area contributed by atoms with Crippen LogP contribution in [-0.4, -0.2) is 40.8 Å². The summed E-state index contributed by atoms with van der Waals surface area (Å²) in [6, 6.07) is 10.9. The number of nitrogens with one attached hydrogen (secondary N) is 1. The van der Waals surface area contributed by atoms with Gasteiger partial charge in [-0.2, -0.15) is 0 Å². The summed E-state index contributed by atoms with van der Waals surface area (Å²) in [6.45, 7) is 2.75. The van der Waals surface area contributed by atoms with Gasteiger partial charge in [0.1, 0.15) is 0 Å². The van der Waals surface area contributed by atoms with Crippen molar-refractivity contribution in [2.24, 2.45) is 0 Å². The molecule has 1 fully saturated rings. The van der Waals surface area contributed by atoms with Gasteiger partial charge >= 0.3 is 0 Å². The Morgan fingerprint density at radius 3 is 2.79 bits per heavy atom. The van der Waals surface area contributed by atoms with E-state index in [1.54, 1.807) is 23.2 Å². The highest BCUT2D eigenvalue weighted by Gasteiger charge is 2.26. The Morgan fingerprint density at radius 2 is 2.12 bits per heavy atom. The number of pyridine rings is 1. The van der Waals surface area contributed by atoms with E-state index in [0.29, 0.717) is 23.7 Å². The summed E-state index contributed by atoms with van der Waals surface area (Å²) < 4.78 is 0. The molecule has 6 heteroatoms. The number of likely N-dealkylation sites (tertiary alicyclic amines) is 1. The summed E-state index contributed by atoms with van der Waals surface area (Å²) >= 11 is 6.20. The van der Waals surface area contributed by atoms with Crippen molar-refractivity contribution in [3.05, 3.63) is 53.2 Å². The number of benzene rings is 1. The lowest BCUT2D eigenvalue weighted by molar-refractivity contribution is -0.127. The number of halogens is 1. The molecule has 2 aromatic rings. The predicted molar refractivity (Wildman–Crippen MR) is 92.8 cm³/mol. The molecule has 1 aromatic carbocycles. The maximum Gasteiger partial charge on any atom is 0.253 e. The van der Waals surface area contributed by atoms with Gasteiger partial charge in [-0.3, -0.25) is 14.6 Å². The van der Waals surface area contributed by atoms with E-state index in [4.69, 9.17) is 11.6 Å². The minimum atomic E-state index is -0.229. The van der Waals surface area contributed by atoms with Crippen LogP contribution in [0, 0.1) is 0 Å². The summed E-state index contributed by atoms with van der Waals surface area (Å²) in [5, 5.41) is 3.36. The molecule has 2 heterocycles. The highest BCUT2D eigenvalue weighted by atomic mass is 35.5. The molecule has 0 radical (unpaired) electrons. The molecule has 1 aliphatic rings. The quantitative estimate of drug-likeness (QED) is 0.932. The summed E-state index contributed by atoms with van der Waals surface area (Å²) in [5.41, 5.74) is 2.04. The largest absolute Gasteiger partial charge is 0.347 e. The molecule has 24 heavy (non-hydrogen) atoms. The fraction of sp³-hybridized carbons (Fsp3) is 0.278. The third kappa shape index (κ3) is 3.57. The number of aromatic nitrogens is 1. The lowest BCUT2D eigenvalue weighted by Gasteiger charge is -2.16. The van der Waals surface area contributed by atoms with Crippen molar-refractivity contribution in [2.45, 2.75) is 19.4 Å². The van der Waals surface area contributed by atoms with Crippen molar-refractivity contribution in [3.63, 3.8) is 0 Å². The van der Waals surface area contributed by atoms with E-state index in [1.807, 2.05) is 24.3 Å². The maximum absolute atomic E-state index is 12.6. The van der Waals surface area contributed by atoms with Crippen LogP contribution in [0.3, 0.4) is 0 Å². The van der Waals surface area contributed by atoms with Crippen LogP contribution in [0.5, 0.6) is 0 Å². The van der Waals surface area contributed by atoms with Crippen molar-refractivity contribution in [1.82, 2.24) is 15.2 Å². The van der Waals surface area contributed by atoms with Gasteiger partial charge in [0.05, 0.1) is 16.3 Å². The Kier molecular flexibility index (Phi) is 4.81. The maximum atomic E-state index is 12.6. The molecular formula is C18H18ClN3O2. The van der Waals surface area contributed by atoms with E-state index in [0.717, 1.165) is 17.7 Å². The molecule has 3 rings (SSSR count). The Labute approximate surface area is 145 Å². The molecule has 124 valence electrons. The zero-order valence-electron chi connectivity index (χ0n) is 13.3. The molecule has 0 spiro atoms. The monoisotopic (exact) mass is 343 g/mol. The van der Waals surface area contributed by atoms with Crippen LogP contribution >= 0.6 is 11.6 Å². The lowest BCUT2D eigenvalue weighted by atomic mass is 10.1. The van der Waals surface area contributed by atoms with Gasteiger partial charge in [0.2, 0.25) is 5.91 Å². The molecule has 1 aliphatic heterocycles. The molecule has 5 nitrogen and oxygen atoms in total. The standard InChI is InChI=1S/C18H18ClN3O2/c1-12(23)22-9-7-14(11-22)21-18(24)15-10-13(5-6-16(15)19)17-4-2-3-8-20-17/h2-6,8,10,14H,7,9,11H2,1H3,(H,21,24). The second-order valence-electron chi connectivity index (χ2n) is 5.83. The van der Waals surface area contributed by atoms with Crippen LogP contribution in [0.2, 0.25) is 5.02 Å². The fourth-order valence-electron chi connectivity index (χ4n) is 2.82. The minimum absolute atomic E-state index is 0.0296. The third-order valence-corrected chi connectivity index (χ3v) is 4.47. The second kappa shape index (κ2) is 7.01. The van der Waals surface area contributed by atoms with Gasteiger partial charge in [0.15, 0.2) is 0 Å². The molecule has 1 atom stereocenters. The van der Waals surface area contributed by atoms with Crippen LogP contribution < -0.4 is 5.32 Å². The number of rotatable bonds is 3. The Bertz CT molecular complexity index is 764. The average molecular weight is 344 g/mol. The SMILES string of the molecule is CC(=O)N1CCC(NC(=O)c2cc(-c3ccccn3)ccc2Cl)C1. The number of carbonyl (C=O) groups is 2. The molecule has 1 aromatic heterocycles. The molecule has 0 saturated carbocycles. The normalized spacial score (nSPS) is 16.9. The van der Waals surface area contributed by atoms with Crippen LogP contribution in [0.1, 0.15) is 23.7 Å². The Balaban J connectivity index is 1.76. The molecule has 1 unspecified atom stereocenters. The topological polar surface area (TPSA) is 62.3 Å². The lowest BCUT2D eigenvalue weighted by Crippen LogP contribution is -2.38. The van der Waals surface area contributed by atoms with Gasteiger partial charge in [-0.1, -0.05) is 23.7 Å². The second-order valence-corrected chi connectivity index (χ2v) is 6.24. The van der Waals surface area contributed by atoms with Gasteiger partial charge in [-0.25, -0.2) is 0 Å². The van der Waals surface area contributed by atoms with Gasteiger partial charge in [0.25, 0.3) is 5.91 Å². The number of hydrogen-bond donors (Lipinski definition) is 1. The highest BCUT2D eigenvalue weighted by molar-refractivity contribution is 6.34. The van der Waals surface area contributed by atoms with Crippen molar-refractivity contribution in [2.75, 3.05) is 13.1 Å². The first kappa shape index (κ1) is 16.5. The van der Waals surface area contributed by atoms with E-state index < -0.39 is 0 Å². The summed E-state index contributed by atoms with van der Waals surface area (Å²) in [6.07, 6.45) is 2.46. The molecule has 1 saturated heterocycles. The summed E-state index contributed by atoms with van der Waals surface area (Å²) in [4.78, 5) is 30.0. The fourth-order valence-corrected chi connectivity index (χ4v) is 3.02. The van der Waals surface area contributed by atoms with Gasteiger partial charge in [0, 0.05) is 37.8 Å². The van der Waals surface area contributed by atoms with E-state index in [-0.39, 0.29) is 17.9 Å². The zero-order chi connectivity index (χ0) is 17.1. The van der Waals surface area contributed by atoms with Crippen LogP contribution in [0.25, 0.3) is 11.3 Å². The molecule has 2 amide bonds. The predicted octanol–water partition coefficient (Wildman–Crippen LogP) is 2.75. The Hall–Kier alpha value is -2.40. The number of carbonyl (C=O) groups excluding carboxylic acids is 2. The van der Waals surface area contributed by atoms with Gasteiger partial charge in [-0.15, -0.1) is 0 Å². The van der Waals surface area contributed by atoms with E-state index in [2.05, 4.69) is 10.3 Å². The van der Waals surface area contributed by atoms with E-state index in [1.165, 1.54) is 6.92 Å².